The Morgan fingerprint density at radius 3 is 2.62 bits per heavy atom. The van der Waals surface area contributed by atoms with E-state index < -0.39 is 24.5 Å². The minimum atomic E-state index is -4.12. The van der Waals surface area contributed by atoms with E-state index in [1.54, 1.807) is 0 Å². The number of azide groups is 1. The second kappa shape index (κ2) is 4.24. The summed E-state index contributed by atoms with van der Waals surface area (Å²) in [7, 11) is 0. The van der Waals surface area contributed by atoms with Crippen molar-refractivity contribution < 1.29 is 28.9 Å². The number of esters is 1. The number of hydrogen-bond donors (Lipinski definition) is 2. The third kappa shape index (κ3) is 2.93. The number of rotatable bonds is 4. The van der Waals surface area contributed by atoms with Gasteiger partial charge in [-0.25, -0.2) is 9.59 Å². The molecule has 0 aliphatic carbocycles. The lowest BCUT2D eigenvalue weighted by atomic mass is 10.3. The molecular weight excluding hydrogens is 189 g/mol. The molecule has 0 spiro atoms. The molecule has 72 valence electrons. The Morgan fingerprint density at radius 2 is 2.23 bits per heavy atom. The zero-order chi connectivity index (χ0) is 10.5. The summed E-state index contributed by atoms with van der Waals surface area (Å²) in [6.45, 7) is -0.894. The van der Waals surface area contributed by atoms with Gasteiger partial charge < -0.3 is 14.9 Å². The van der Waals surface area contributed by atoms with Crippen LogP contribution in [0.5, 0.6) is 0 Å². The van der Waals surface area contributed by atoms with Gasteiger partial charge in [0.05, 0.1) is 0 Å². The van der Waals surface area contributed by atoms with Crippen LogP contribution in [0.1, 0.15) is 0 Å². The van der Waals surface area contributed by atoms with E-state index in [2.05, 4.69) is 14.8 Å². The first-order chi connectivity index (χ1) is 5.92. The minimum Gasteiger partial charge on any atom is -0.477 e. The third-order valence-corrected chi connectivity index (χ3v) is 0.871. The standard InChI is InChI=1S/C4H4FN3O5/c5-4(12,2(9)10)3(11)13-1-7-8-6/h12H,1H2,(H,9,10). The van der Waals surface area contributed by atoms with Crippen LogP contribution < -0.4 is 0 Å². The van der Waals surface area contributed by atoms with Gasteiger partial charge in [0.2, 0.25) is 0 Å². The molecule has 0 fully saturated rings. The van der Waals surface area contributed by atoms with E-state index >= 15 is 0 Å². The van der Waals surface area contributed by atoms with Crippen molar-refractivity contribution in [1.29, 1.82) is 0 Å². The highest BCUT2D eigenvalue weighted by Crippen LogP contribution is 2.08. The molecule has 0 saturated carbocycles. The van der Waals surface area contributed by atoms with Gasteiger partial charge in [-0.05, 0) is 5.53 Å². The quantitative estimate of drug-likeness (QED) is 0.205. The van der Waals surface area contributed by atoms with E-state index in [0.717, 1.165) is 0 Å². The summed E-state index contributed by atoms with van der Waals surface area (Å²) in [5.41, 5.74) is 7.69. The van der Waals surface area contributed by atoms with Crippen molar-refractivity contribution in [2.75, 3.05) is 6.73 Å². The average Bonchev–Trinajstić information content (AvgIpc) is 2.04. The number of aliphatic carboxylic acids is 1. The Labute approximate surface area is 70.2 Å². The summed E-state index contributed by atoms with van der Waals surface area (Å²) in [6.07, 6.45) is 0. The van der Waals surface area contributed by atoms with Crippen molar-refractivity contribution in [1.82, 2.24) is 0 Å². The maximum absolute atomic E-state index is 12.4. The van der Waals surface area contributed by atoms with Gasteiger partial charge in [0.1, 0.15) is 0 Å². The molecule has 0 aromatic heterocycles. The third-order valence-electron chi connectivity index (χ3n) is 0.871. The molecule has 0 aromatic carbocycles. The Kier molecular flexibility index (Phi) is 3.63. The van der Waals surface area contributed by atoms with Crippen LogP contribution in [-0.2, 0) is 14.3 Å². The lowest BCUT2D eigenvalue weighted by molar-refractivity contribution is -0.201. The number of ether oxygens (including phenoxy) is 1. The Bertz CT molecular complexity index is 271. The maximum Gasteiger partial charge on any atom is 0.402 e. The number of carbonyl (C=O) groups excluding carboxylic acids is 1. The van der Waals surface area contributed by atoms with E-state index in [9.17, 15) is 14.0 Å². The van der Waals surface area contributed by atoms with Gasteiger partial charge in [-0.2, -0.15) is 4.39 Å². The van der Waals surface area contributed by atoms with Crippen molar-refractivity contribution in [3.63, 3.8) is 0 Å². The van der Waals surface area contributed by atoms with Crippen molar-refractivity contribution in [2.45, 2.75) is 5.85 Å². The van der Waals surface area contributed by atoms with Crippen LogP contribution in [0.4, 0.5) is 4.39 Å². The monoisotopic (exact) mass is 193 g/mol. The van der Waals surface area contributed by atoms with E-state index in [1.165, 1.54) is 0 Å². The number of carbonyl (C=O) groups is 2. The highest BCUT2D eigenvalue weighted by molar-refractivity contribution is 6.00. The van der Waals surface area contributed by atoms with Crippen LogP contribution >= 0.6 is 0 Å². The summed E-state index contributed by atoms with van der Waals surface area (Å²) in [5.74, 6) is -8.57. The van der Waals surface area contributed by atoms with Crippen LogP contribution in [0.2, 0.25) is 0 Å². The van der Waals surface area contributed by atoms with Gasteiger partial charge >= 0.3 is 17.8 Å². The second-order valence-electron chi connectivity index (χ2n) is 1.72. The molecule has 8 nitrogen and oxygen atoms in total. The molecule has 0 saturated heterocycles. The van der Waals surface area contributed by atoms with Crippen LogP contribution in [0.15, 0.2) is 5.11 Å². The zero-order valence-corrected chi connectivity index (χ0v) is 6.05. The van der Waals surface area contributed by atoms with Gasteiger partial charge in [-0.1, -0.05) is 5.11 Å². The summed E-state index contributed by atoms with van der Waals surface area (Å²) >= 11 is 0. The largest absolute Gasteiger partial charge is 0.477 e. The van der Waals surface area contributed by atoms with Crippen molar-refractivity contribution in [3.8, 4) is 0 Å². The number of hydrogen-bond acceptors (Lipinski definition) is 5. The molecule has 13 heavy (non-hydrogen) atoms. The van der Waals surface area contributed by atoms with Gasteiger partial charge in [-0.3, -0.25) is 0 Å². The second-order valence-corrected chi connectivity index (χ2v) is 1.72. The van der Waals surface area contributed by atoms with Crippen molar-refractivity contribution in [3.05, 3.63) is 10.4 Å². The molecule has 0 heterocycles. The number of halogens is 1. The fraction of sp³-hybridized carbons (Fsp3) is 0.500. The molecule has 1 atom stereocenters. The molecule has 0 aliphatic heterocycles. The van der Waals surface area contributed by atoms with E-state index in [-0.39, 0.29) is 0 Å². The smallest absolute Gasteiger partial charge is 0.402 e. The number of aliphatic hydroxyl groups is 1. The van der Waals surface area contributed by atoms with Crippen molar-refractivity contribution in [2.24, 2.45) is 5.11 Å². The first-order valence-electron chi connectivity index (χ1n) is 2.75. The molecule has 0 bridgehead atoms. The van der Waals surface area contributed by atoms with E-state index in [1.807, 2.05) is 0 Å². The number of carboxylic acids is 1. The fourth-order valence-corrected chi connectivity index (χ4v) is 0.296. The Hall–Kier alpha value is -1.86. The predicted molar refractivity (Wildman–Crippen MR) is 33.8 cm³/mol. The van der Waals surface area contributed by atoms with Crippen LogP contribution in [0.3, 0.4) is 0 Å². The van der Waals surface area contributed by atoms with Gasteiger partial charge in [0.25, 0.3) is 0 Å². The van der Waals surface area contributed by atoms with Gasteiger partial charge in [0, 0.05) is 4.91 Å². The summed E-state index contributed by atoms with van der Waals surface area (Å²) in [6, 6.07) is 0. The summed E-state index contributed by atoms with van der Waals surface area (Å²) < 4.78 is 16.1. The molecule has 9 heteroatoms. The lowest BCUT2D eigenvalue weighted by Crippen LogP contribution is -2.43. The molecule has 0 aliphatic rings. The van der Waals surface area contributed by atoms with Gasteiger partial charge in [0.15, 0.2) is 6.73 Å². The predicted octanol–water partition coefficient (Wildman–Crippen LogP) is -0.460. The topological polar surface area (TPSA) is 133 Å². The van der Waals surface area contributed by atoms with Crippen LogP contribution in [0, 0.1) is 0 Å². The lowest BCUT2D eigenvalue weighted by Gasteiger charge is -2.10. The normalized spacial score (nSPS) is 13.7. The molecule has 0 radical (unpaired) electrons. The van der Waals surface area contributed by atoms with Crippen molar-refractivity contribution >= 4 is 11.9 Å². The Balaban J connectivity index is 4.25. The average molecular weight is 193 g/mol. The molecule has 1 unspecified atom stereocenters. The molecule has 2 N–H and O–H groups in total. The molecule has 0 aromatic rings. The Morgan fingerprint density at radius 1 is 1.69 bits per heavy atom. The van der Waals surface area contributed by atoms with E-state index in [4.69, 9.17) is 15.7 Å². The minimum absolute atomic E-state index is 0.894. The SMILES string of the molecule is [N-]=[N+]=NCOC(=O)C(O)(F)C(=O)O. The molecule has 0 rings (SSSR count). The maximum atomic E-state index is 12.4. The van der Waals surface area contributed by atoms with E-state index in [0.29, 0.717) is 0 Å². The molecular formula is C4H4FN3O5. The fourth-order valence-electron chi connectivity index (χ4n) is 0.296. The number of alkyl halides is 1. The van der Waals surface area contributed by atoms with Crippen LogP contribution in [0.25, 0.3) is 10.4 Å². The number of nitrogens with zero attached hydrogens (tertiary/aromatic N) is 3. The van der Waals surface area contributed by atoms with Crippen LogP contribution in [-0.4, -0.2) is 34.7 Å². The summed E-state index contributed by atoms with van der Waals surface area (Å²) in [5, 5.41) is 18.9. The van der Waals surface area contributed by atoms with Gasteiger partial charge in [-0.15, -0.1) is 0 Å². The zero-order valence-electron chi connectivity index (χ0n) is 6.05. The highest BCUT2D eigenvalue weighted by atomic mass is 19.2. The first-order valence-corrected chi connectivity index (χ1v) is 2.75. The highest BCUT2D eigenvalue weighted by Gasteiger charge is 2.46. The number of carboxylic acid groups (broad SMARTS) is 1. The first kappa shape index (κ1) is 11.1. The summed E-state index contributed by atoms with van der Waals surface area (Å²) in [4.78, 5) is 22.4. The molecule has 0 amide bonds.